The van der Waals surface area contributed by atoms with Crippen molar-refractivity contribution in [1.29, 1.82) is 0 Å². The molecule has 0 aliphatic rings. The van der Waals surface area contributed by atoms with E-state index in [0.717, 1.165) is 39.0 Å². The van der Waals surface area contributed by atoms with Crippen molar-refractivity contribution in [3.8, 4) is 0 Å². The molecule has 0 atom stereocenters. The van der Waals surface area contributed by atoms with Gasteiger partial charge in [-0.2, -0.15) is 0 Å². The van der Waals surface area contributed by atoms with Crippen LogP contribution in [0.5, 0.6) is 0 Å². The van der Waals surface area contributed by atoms with E-state index in [1.165, 1.54) is 5.56 Å². The fourth-order valence-electron chi connectivity index (χ4n) is 1.88. The van der Waals surface area contributed by atoms with Crippen molar-refractivity contribution in [1.82, 2.24) is 5.32 Å². The fraction of sp³-hybridized carbons (Fsp3) is 0.588. The largest absolute Gasteiger partial charge is 0.381 e. The van der Waals surface area contributed by atoms with E-state index in [4.69, 9.17) is 10.5 Å². The second-order valence-corrected chi connectivity index (χ2v) is 6.20. The monoisotopic (exact) mass is 419 g/mol. The number of hydrogen-bond donors (Lipinski definition) is 2. The van der Waals surface area contributed by atoms with Gasteiger partial charge in [-0.15, -0.1) is 24.0 Å². The number of hydrogen-bond acceptors (Lipinski definition) is 2. The summed E-state index contributed by atoms with van der Waals surface area (Å²) in [6.45, 7) is 8.51. The number of nitrogens with two attached hydrogens (primary N) is 1. The summed E-state index contributed by atoms with van der Waals surface area (Å²) in [6.07, 6.45) is 2.99. The van der Waals surface area contributed by atoms with Crippen LogP contribution in [-0.4, -0.2) is 31.3 Å². The molecule has 0 aliphatic carbocycles. The molecular weight excluding hydrogens is 389 g/mol. The highest BCUT2D eigenvalue weighted by atomic mass is 127. The van der Waals surface area contributed by atoms with Crippen molar-refractivity contribution in [2.75, 3.05) is 19.8 Å². The van der Waals surface area contributed by atoms with Gasteiger partial charge >= 0.3 is 0 Å². The van der Waals surface area contributed by atoms with E-state index in [1.54, 1.807) is 0 Å². The van der Waals surface area contributed by atoms with Gasteiger partial charge in [0.2, 0.25) is 0 Å². The maximum Gasteiger partial charge on any atom is 0.188 e. The Kier molecular flexibility index (Phi) is 11.3. The zero-order chi connectivity index (χ0) is 15.6. The van der Waals surface area contributed by atoms with Crippen molar-refractivity contribution in [2.45, 2.75) is 45.6 Å². The van der Waals surface area contributed by atoms with Crippen LogP contribution in [0.4, 0.5) is 0 Å². The number of nitrogens with zero attached hydrogens (tertiary/aromatic N) is 1. The lowest BCUT2D eigenvalue weighted by molar-refractivity contribution is 0.134. The molecule has 0 radical (unpaired) electrons. The molecule has 126 valence electrons. The van der Waals surface area contributed by atoms with E-state index < -0.39 is 0 Å². The van der Waals surface area contributed by atoms with Crippen molar-refractivity contribution >= 4 is 29.9 Å². The summed E-state index contributed by atoms with van der Waals surface area (Å²) in [5.41, 5.74) is 7.08. The Morgan fingerprint density at radius 2 is 1.82 bits per heavy atom. The molecule has 3 N–H and O–H groups in total. The van der Waals surface area contributed by atoms with E-state index in [-0.39, 0.29) is 29.5 Å². The summed E-state index contributed by atoms with van der Waals surface area (Å²) >= 11 is 0. The molecule has 22 heavy (non-hydrogen) atoms. The average molecular weight is 419 g/mol. The minimum atomic E-state index is -0.0336. The van der Waals surface area contributed by atoms with Crippen LogP contribution in [0.1, 0.15) is 39.2 Å². The van der Waals surface area contributed by atoms with Gasteiger partial charge in [0.1, 0.15) is 0 Å². The third kappa shape index (κ3) is 11.8. The standard InChI is InChI=1S/C17H29N3O.HI/c1-17(2,3)20-16(18)19-12-7-8-13-21-14-11-15-9-5-4-6-10-15;/h4-6,9-10H,7-8,11-14H2,1-3H3,(H3,18,19,20);1H. The fourth-order valence-corrected chi connectivity index (χ4v) is 1.88. The lowest BCUT2D eigenvalue weighted by Gasteiger charge is -2.20. The molecule has 0 bridgehead atoms. The van der Waals surface area contributed by atoms with Crippen LogP contribution in [0.25, 0.3) is 0 Å². The summed E-state index contributed by atoms with van der Waals surface area (Å²) in [7, 11) is 0. The Morgan fingerprint density at radius 1 is 1.14 bits per heavy atom. The van der Waals surface area contributed by atoms with Gasteiger partial charge in [-0.25, -0.2) is 0 Å². The molecule has 0 saturated carbocycles. The number of nitrogens with one attached hydrogen (secondary N) is 1. The highest BCUT2D eigenvalue weighted by molar-refractivity contribution is 14.0. The zero-order valence-corrected chi connectivity index (χ0v) is 16.3. The molecule has 0 fully saturated rings. The first-order valence-electron chi connectivity index (χ1n) is 7.67. The Bertz CT molecular complexity index is 416. The van der Waals surface area contributed by atoms with Crippen molar-refractivity contribution in [3.05, 3.63) is 35.9 Å². The predicted octanol–water partition coefficient (Wildman–Crippen LogP) is 3.35. The van der Waals surface area contributed by atoms with Crippen LogP contribution in [-0.2, 0) is 11.2 Å². The summed E-state index contributed by atoms with van der Waals surface area (Å²) < 4.78 is 5.63. The minimum Gasteiger partial charge on any atom is -0.381 e. The van der Waals surface area contributed by atoms with Crippen molar-refractivity contribution in [2.24, 2.45) is 10.7 Å². The summed E-state index contributed by atoms with van der Waals surface area (Å²) in [5.74, 6) is 0.521. The molecule has 0 amide bonds. The van der Waals surface area contributed by atoms with Gasteiger partial charge in [0.05, 0.1) is 6.61 Å². The molecule has 0 heterocycles. The number of guanidine groups is 1. The highest BCUT2D eigenvalue weighted by Gasteiger charge is 2.09. The lowest BCUT2D eigenvalue weighted by atomic mass is 10.1. The van der Waals surface area contributed by atoms with Gasteiger partial charge in [-0.1, -0.05) is 30.3 Å². The molecule has 0 aliphatic heterocycles. The van der Waals surface area contributed by atoms with Crippen molar-refractivity contribution < 1.29 is 4.74 Å². The predicted molar refractivity (Wildman–Crippen MR) is 105 cm³/mol. The Hall–Kier alpha value is -0.820. The lowest BCUT2D eigenvalue weighted by Crippen LogP contribution is -2.45. The second kappa shape index (κ2) is 11.7. The SMILES string of the molecule is CC(C)(C)NC(N)=NCCCCOCCc1ccccc1.I. The first kappa shape index (κ1) is 21.2. The molecule has 0 spiro atoms. The van der Waals surface area contributed by atoms with Gasteiger partial charge in [0, 0.05) is 18.7 Å². The zero-order valence-electron chi connectivity index (χ0n) is 14.0. The number of rotatable bonds is 8. The van der Waals surface area contributed by atoms with Crippen molar-refractivity contribution in [3.63, 3.8) is 0 Å². The summed E-state index contributed by atoms with van der Waals surface area (Å²) in [4.78, 5) is 4.30. The number of halogens is 1. The smallest absolute Gasteiger partial charge is 0.188 e. The molecule has 1 aromatic rings. The Morgan fingerprint density at radius 3 is 2.45 bits per heavy atom. The maximum absolute atomic E-state index is 5.79. The van der Waals surface area contributed by atoms with Crippen LogP contribution in [0.15, 0.2) is 35.3 Å². The van der Waals surface area contributed by atoms with Gasteiger partial charge in [-0.05, 0) is 45.6 Å². The summed E-state index contributed by atoms with van der Waals surface area (Å²) in [6, 6.07) is 10.4. The van der Waals surface area contributed by atoms with Crippen LogP contribution >= 0.6 is 24.0 Å². The molecule has 4 nitrogen and oxygen atoms in total. The third-order valence-electron chi connectivity index (χ3n) is 2.86. The summed E-state index contributed by atoms with van der Waals surface area (Å²) in [5, 5.41) is 3.14. The Labute approximate surface area is 151 Å². The number of unbranched alkanes of at least 4 members (excludes halogenated alkanes) is 1. The molecule has 1 aromatic carbocycles. The molecule has 1 rings (SSSR count). The van der Waals surface area contributed by atoms with Gasteiger partial charge in [0.25, 0.3) is 0 Å². The first-order chi connectivity index (χ1) is 9.97. The number of benzene rings is 1. The van der Waals surface area contributed by atoms with E-state index >= 15 is 0 Å². The molecule has 0 aromatic heterocycles. The van der Waals surface area contributed by atoms with Crippen LogP contribution in [0.3, 0.4) is 0 Å². The quantitative estimate of drug-likeness (QED) is 0.294. The minimum absolute atomic E-state index is 0. The first-order valence-corrected chi connectivity index (χ1v) is 7.67. The Balaban J connectivity index is 0.00000441. The van der Waals surface area contributed by atoms with Gasteiger partial charge < -0.3 is 15.8 Å². The van der Waals surface area contributed by atoms with E-state index in [2.05, 4.69) is 55.3 Å². The van der Waals surface area contributed by atoms with E-state index in [1.807, 2.05) is 6.07 Å². The third-order valence-corrected chi connectivity index (χ3v) is 2.86. The van der Waals surface area contributed by atoms with E-state index in [0.29, 0.717) is 5.96 Å². The second-order valence-electron chi connectivity index (χ2n) is 6.20. The number of aliphatic imine (C=N–C) groups is 1. The topological polar surface area (TPSA) is 59.6 Å². The molecular formula is C17H30IN3O. The molecule has 0 saturated heterocycles. The number of ether oxygens (including phenoxy) is 1. The molecule has 5 heteroatoms. The van der Waals surface area contributed by atoms with Gasteiger partial charge in [-0.3, -0.25) is 4.99 Å². The average Bonchev–Trinajstić information content (AvgIpc) is 2.41. The van der Waals surface area contributed by atoms with Gasteiger partial charge in [0.15, 0.2) is 5.96 Å². The van der Waals surface area contributed by atoms with Crippen LogP contribution < -0.4 is 11.1 Å². The van der Waals surface area contributed by atoms with Crippen LogP contribution in [0.2, 0.25) is 0 Å². The molecule has 0 unspecified atom stereocenters. The van der Waals surface area contributed by atoms with E-state index in [9.17, 15) is 0 Å². The maximum atomic E-state index is 5.79. The normalized spacial score (nSPS) is 11.9. The van der Waals surface area contributed by atoms with Crippen LogP contribution in [0, 0.1) is 0 Å². The highest BCUT2D eigenvalue weighted by Crippen LogP contribution is 2.00.